The van der Waals surface area contributed by atoms with Gasteiger partial charge in [0, 0.05) is 33.3 Å². The summed E-state index contributed by atoms with van der Waals surface area (Å²) >= 11 is 5.04. The first-order chi connectivity index (χ1) is 8.06. The molecule has 2 unspecified atom stereocenters. The number of rotatable bonds is 4. The maximum atomic E-state index is 11.2. The number of thiazole rings is 1. The first kappa shape index (κ1) is 13.0. The third kappa shape index (κ3) is 3.26. The van der Waals surface area contributed by atoms with Crippen LogP contribution < -0.4 is 5.32 Å². The number of nitrogens with one attached hydrogen (secondary N) is 1. The second-order valence-corrected chi connectivity index (χ2v) is 7.57. The lowest BCUT2D eigenvalue weighted by Gasteiger charge is -2.07. The molecule has 2 rings (SSSR count). The fraction of sp³-hybridized carbons (Fsp3) is 0.364. The first-order valence-electron chi connectivity index (χ1n) is 5.18. The van der Waals surface area contributed by atoms with Crippen molar-refractivity contribution in [1.82, 2.24) is 4.98 Å². The second kappa shape index (κ2) is 5.46. The van der Waals surface area contributed by atoms with E-state index in [0.717, 1.165) is 19.8 Å². The van der Waals surface area contributed by atoms with Crippen molar-refractivity contribution in [3.63, 3.8) is 0 Å². The number of benzene rings is 1. The molecule has 1 aromatic heterocycles. The number of hydrogen-bond acceptors (Lipinski definition) is 4. The molecule has 0 amide bonds. The fourth-order valence-corrected chi connectivity index (χ4v) is 2.84. The van der Waals surface area contributed by atoms with Crippen molar-refractivity contribution < 1.29 is 4.21 Å². The third-order valence-corrected chi connectivity index (χ3v) is 5.24. The zero-order valence-corrected chi connectivity index (χ0v) is 12.8. The minimum Gasteiger partial charge on any atom is -0.360 e. The van der Waals surface area contributed by atoms with Crippen molar-refractivity contribution in [2.45, 2.75) is 12.2 Å². The molecule has 0 aliphatic heterocycles. The largest absolute Gasteiger partial charge is 0.360 e. The highest BCUT2D eigenvalue weighted by atomic mass is 79.9. The van der Waals surface area contributed by atoms with Gasteiger partial charge in [-0.05, 0) is 25.1 Å². The molecule has 92 valence electrons. The molecule has 1 N–H and O–H groups in total. The minimum absolute atomic E-state index is 0.133. The van der Waals surface area contributed by atoms with Crippen LogP contribution in [0.2, 0.25) is 0 Å². The number of fused-ring (bicyclic) bond motifs is 1. The highest BCUT2D eigenvalue weighted by Crippen LogP contribution is 2.28. The van der Waals surface area contributed by atoms with Gasteiger partial charge in [-0.15, -0.1) is 0 Å². The molecule has 6 heteroatoms. The summed E-state index contributed by atoms with van der Waals surface area (Å²) in [6.07, 6.45) is 1.72. The summed E-state index contributed by atoms with van der Waals surface area (Å²) in [6, 6.07) is 6.05. The zero-order chi connectivity index (χ0) is 12.4. The Morgan fingerprint density at radius 2 is 2.35 bits per heavy atom. The van der Waals surface area contributed by atoms with Gasteiger partial charge in [0.25, 0.3) is 0 Å². The van der Waals surface area contributed by atoms with Crippen LogP contribution in [-0.2, 0) is 10.8 Å². The lowest BCUT2D eigenvalue weighted by atomic mass is 10.3. The predicted molar refractivity (Wildman–Crippen MR) is 79.3 cm³/mol. The molecule has 2 atom stereocenters. The second-order valence-electron chi connectivity index (χ2n) is 3.82. The van der Waals surface area contributed by atoms with E-state index in [9.17, 15) is 4.21 Å². The summed E-state index contributed by atoms with van der Waals surface area (Å²) in [6.45, 7) is 2.65. The number of nitrogens with zero attached hydrogens (tertiary/aromatic N) is 1. The maximum absolute atomic E-state index is 11.2. The Balaban J connectivity index is 2.12. The highest BCUT2D eigenvalue weighted by Gasteiger charge is 2.08. The van der Waals surface area contributed by atoms with Crippen LogP contribution in [0.3, 0.4) is 0 Å². The first-order valence-corrected chi connectivity index (χ1v) is 8.41. The van der Waals surface area contributed by atoms with Gasteiger partial charge in [-0.3, -0.25) is 4.21 Å². The molecule has 0 aliphatic carbocycles. The van der Waals surface area contributed by atoms with E-state index in [4.69, 9.17) is 0 Å². The van der Waals surface area contributed by atoms with Gasteiger partial charge in [-0.2, -0.15) is 0 Å². The Hall–Kier alpha value is -0.460. The SMILES string of the molecule is CC(CNc1nc2cc(Br)ccc2s1)S(C)=O. The quantitative estimate of drug-likeness (QED) is 0.934. The lowest BCUT2D eigenvalue weighted by Crippen LogP contribution is -2.20. The van der Waals surface area contributed by atoms with Gasteiger partial charge in [-0.1, -0.05) is 27.3 Å². The fourth-order valence-electron chi connectivity index (χ4n) is 1.32. The van der Waals surface area contributed by atoms with Crippen LogP contribution in [0.1, 0.15) is 6.92 Å². The lowest BCUT2D eigenvalue weighted by molar-refractivity contribution is 0.679. The van der Waals surface area contributed by atoms with E-state index in [0.29, 0.717) is 6.54 Å². The molecule has 0 bridgehead atoms. The van der Waals surface area contributed by atoms with Crippen LogP contribution in [0.5, 0.6) is 0 Å². The van der Waals surface area contributed by atoms with E-state index < -0.39 is 10.8 Å². The van der Waals surface area contributed by atoms with Gasteiger partial charge in [0.15, 0.2) is 5.13 Å². The summed E-state index contributed by atoms with van der Waals surface area (Å²) in [5.74, 6) is 0. The van der Waals surface area contributed by atoms with E-state index in [2.05, 4.69) is 26.2 Å². The van der Waals surface area contributed by atoms with E-state index in [1.165, 1.54) is 0 Å². The minimum atomic E-state index is -0.799. The van der Waals surface area contributed by atoms with Gasteiger partial charge in [-0.25, -0.2) is 4.98 Å². The standard InChI is InChI=1S/C11H13BrN2OS2/c1-7(17(2)15)6-13-11-14-9-5-8(12)3-4-10(9)16-11/h3-5,7H,6H2,1-2H3,(H,13,14). The number of halogens is 1. The monoisotopic (exact) mass is 332 g/mol. The highest BCUT2D eigenvalue weighted by molar-refractivity contribution is 9.10. The van der Waals surface area contributed by atoms with Crippen LogP contribution in [0.15, 0.2) is 22.7 Å². The summed E-state index contributed by atoms with van der Waals surface area (Å²) in [5.41, 5.74) is 0.983. The maximum Gasteiger partial charge on any atom is 0.183 e. The molecule has 0 aliphatic rings. The van der Waals surface area contributed by atoms with Crippen molar-refractivity contribution in [2.75, 3.05) is 18.1 Å². The molecule has 0 spiro atoms. The van der Waals surface area contributed by atoms with Gasteiger partial charge >= 0.3 is 0 Å². The molecule has 0 radical (unpaired) electrons. The van der Waals surface area contributed by atoms with Crippen LogP contribution in [-0.4, -0.2) is 27.2 Å². The Labute approximate surface area is 115 Å². The number of anilines is 1. The summed E-state index contributed by atoms with van der Waals surface area (Å²) in [7, 11) is -0.799. The normalized spacial score (nSPS) is 14.8. The van der Waals surface area contributed by atoms with Gasteiger partial charge in [0.2, 0.25) is 0 Å². The van der Waals surface area contributed by atoms with Gasteiger partial charge < -0.3 is 5.32 Å². The Morgan fingerprint density at radius 1 is 1.59 bits per heavy atom. The molecule has 1 heterocycles. The number of aromatic nitrogens is 1. The van der Waals surface area contributed by atoms with Crippen LogP contribution >= 0.6 is 27.3 Å². The molecular weight excluding hydrogens is 320 g/mol. The van der Waals surface area contributed by atoms with E-state index in [1.54, 1.807) is 17.6 Å². The summed E-state index contributed by atoms with van der Waals surface area (Å²) in [4.78, 5) is 4.48. The number of hydrogen-bond donors (Lipinski definition) is 1. The Kier molecular flexibility index (Phi) is 4.17. The smallest absolute Gasteiger partial charge is 0.183 e. The molecule has 2 aromatic rings. The molecule has 1 aromatic carbocycles. The van der Waals surface area contributed by atoms with E-state index in [1.807, 2.05) is 25.1 Å². The zero-order valence-electron chi connectivity index (χ0n) is 9.57. The third-order valence-electron chi connectivity index (χ3n) is 2.46. The van der Waals surface area contributed by atoms with Crippen LogP contribution in [0.25, 0.3) is 10.2 Å². The van der Waals surface area contributed by atoms with Crippen molar-refractivity contribution in [2.24, 2.45) is 0 Å². The molecule has 0 saturated carbocycles. The topological polar surface area (TPSA) is 42.0 Å². The molecule has 0 fully saturated rings. The van der Waals surface area contributed by atoms with Crippen LogP contribution in [0.4, 0.5) is 5.13 Å². The van der Waals surface area contributed by atoms with E-state index in [-0.39, 0.29) is 5.25 Å². The van der Waals surface area contributed by atoms with Crippen LogP contribution in [0, 0.1) is 0 Å². The summed E-state index contributed by atoms with van der Waals surface area (Å²) < 4.78 is 13.4. The van der Waals surface area contributed by atoms with E-state index >= 15 is 0 Å². The average Bonchev–Trinajstić information content (AvgIpc) is 2.67. The Bertz CT molecular complexity index is 555. The summed E-state index contributed by atoms with van der Waals surface area (Å²) in [5, 5.41) is 4.25. The van der Waals surface area contributed by atoms with Crippen molar-refractivity contribution >= 4 is 53.4 Å². The predicted octanol–water partition coefficient (Wildman–Crippen LogP) is 3.24. The van der Waals surface area contributed by atoms with Crippen molar-refractivity contribution in [3.8, 4) is 0 Å². The Morgan fingerprint density at radius 3 is 3.06 bits per heavy atom. The van der Waals surface area contributed by atoms with Gasteiger partial charge in [0.05, 0.1) is 10.2 Å². The molecule has 3 nitrogen and oxygen atoms in total. The molecule has 0 saturated heterocycles. The molecule has 17 heavy (non-hydrogen) atoms. The molecular formula is C11H13BrN2OS2. The van der Waals surface area contributed by atoms with Crippen molar-refractivity contribution in [3.05, 3.63) is 22.7 Å². The average molecular weight is 333 g/mol. The van der Waals surface area contributed by atoms with Crippen molar-refractivity contribution in [1.29, 1.82) is 0 Å². The van der Waals surface area contributed by atoms with Gasteiger partial charge in [0.1, 0.15) is 0 Å².